The van der Waals surface area contributed by atoms with E-state index in [1.54, 1.807) is 29.2 Å². The Hall–Kier alpha value is -3.15. The number of rotatable bonds is 8. The Morgan fingerprint density at radius 3 is 2.48 bits per heavy atom. The maximum absolute atomic E-state index is 12.5. The number of hydrogen-bond acceptors (Lipinski definition) is 3. The van der Waals surface area contributed by atoms with Gasteiger partial charge in [-0.2, -0.15) is 0 Å². The Labute approximate surface area is 171 Å². The number of anilines is 1. The zero-order valence-electron chi connectivity index (χ0n) is 16.7. The van der Waals surface area contributed by atoms with E-state index in [9.17, 15) is 14.4 Å². The average Bonchev–Trinajstić information content (AvgIpc) is 3.12. The van der Waals surface area contributed by atoms with Gasteiger partial charge in [-0.15, -0.1) is 0 Å². The molecule has 3 amide bonds. The summed E-state index contributed by atoms with van der Waals surface area (Å²) >= 11 is 0. The summed E-state index contributed by atoms with van der Waals surface area (Å²) in [6.45, 7) is 3.73. The van der Waals surface area contributed by atoms with Crippen molar-refractivity contribution < 1.29 is 14.4 Å². The highest BCUT2D eigenvalue weighted by Gasteiger charge is 2.33. The summed E-state index contributed by atoms with van der Waals surface area (Å²) in [5, 5.41) is 5.73. The zero-order valence-corrected chi connectivity index (χ0v) is 16.7. The zero-order chi connectivity index (χ0) is 20.6. The van der Waals surface area contributed by atoms with Crippen LogP contribution in [0.25, 0.3) is 0 Å². The van der Waals surface area contributed by atoms with Crippen molar-refractivity contribution in [2.24, 2.45) is 5.92 Å². The topological polar surface area (TPSA) is 78.5 Å². The van der Waals surface area contributed by atoms with E-state index in [4.69, 9.17) is 0 Å². The Morgan fingerprint density at radius 2 is 1.79 bits per heavy atom. The van der Waals surface area contributed by atoms with Gasteiger partial charge in [0.1, 0.15) is 0 Å². The highest BCUT2D eigenvalue weighted by Crippen LogP contribution is 2.20. The maximum atomic E-state index is 12.5. The van der Waals surface area contributed by atoms with E-state index in [1.807, 2.05) is 30.3 Å². The van der Waals surface area contributed by atoms with Gasteiger partial charge in [0.2, 0.25) is 11.8 Å². The van der Waals surface area contributed by atoms with E-state index in [0.29, 0.717) is 30.9 Å². The number of benzene rings is 2. The molecule has 0 aliphatic carbocycles. The molecule has 2 aromatic rings. The molecule has 1 fully saturated rings. The van der Waals surface area contributed by atoms with Crippen LogP contribution in [0.2, 0.25) is 0 Å². The Morgan fingerprint density at radius 1 is 1.07 bits per heavy atom. The normalized spacial score (nSPS) is 16.0. The lowest BCUT2D eigenvalue weighted by Gasteiger charge is -2.16. The minimum atomic E-state index is -0.326. The van der Waals surface area contributed by atoms with E-state index in [1.165, 1.54) is 0 Å². The Bertz CT molecular complexity index is 849. The van der Waals surface area contributed by atoms with Gasteiger partial charge in [-0.3, -0.25) is 14.4 Å². The van der Waals surface area contributed by atoms with Crippen LogP contribution < -0.4 is 10.6 Å². The van der Waals surface area contributed by atoms with Crippen molar-refractivity contribution in [1.29, 1.82) is 0 Å². The number of nitrogens with zero attached hydrogens (tertiary/aromatic N) is 1. The number of hydrogen-bond donors (Lipinski definition) is 2. The van der Waals surface area contributed by atoms with Gasteiger partial charge in [-0.1, -0.05) is 43.7 Å². The second-order valence-electron chi connectivity index (χ2n) is 7.33. The van der Waals surface area contributed by atoms with Crippen LogP contribution >= 0.6 is 0 Å². The van der Waals surface area contributed by atoms with Gasteiger partial charge in [-0.05, 0) is 36.2 Å². The van der Waals surface area contributed by atoms with Crippen molar-refractivity contribution in [2.45, 2.75) is 32.7 Å². The molecule has 6 heteroatoms. The standard InChI is InChI=1S/C23H27N3O3/c1-2-3-13-26-16-19(14-21(26)27)23(29)25-20-11-9-18(10-12-20)22(28)24-15-17-7-5-4-6-8-17/h4-12,19H,2-3,13-16H2,1H3,(H,24,28)(H,25,29). The molecule has 152 valence electrons. The fourth-order valence-electron chi connectivity index (χ4n) is 3.34. The van der Waals surface area contributed by atoms with Crippen LogP contribution in [0, 0.1) is 5.92 Å². The van der Waals surface area contributed by atoms with E-state index in [-0.39, 0.29) is 30.1 Å². The van der Waals surface area contributed by atoms with Crippen molar-refractivity contribution in [3.8, 4) is 0 Å². The third kappa shape index (κ3) is 5.67. The molecule has 2 N–H and O–H groups in total. The second kappa shape index (κ2) is 9.87. The summed E-state index contributed by atoms with van der Waals surface area (Å²) < 4.78 is 0. The molecule has 0 radical (unpaired) electrons. The van der Waals surface area contributed by atoms with Crippen molar-refractivity contribution in [1.82, 2.24) is 10.2 Å². The molecule has 0 spiro atoms. The smallest absolute Gasteiger partial charge is 0.251 e. The first kappa shape index (κ1) is 20.6. The molecule has 1 unspecified atom stereocenters. The predicted molar refractivity (Wildman–Crippen MR) is 112 cm³/mol. The molecule has 1 aliphatic heterocycles. The monoisotopic (exact) mass is 393 g/mol. The molecule has 2 aromatic carbocycles. The third-order valence-electron chi connectivity index (χ3n) is 5.08. The van der Waals surface area contributed by atoms with Gasteiger partial charge < -0.3 is 15.5 Å². The van der Waals surface area contributed by atoms with Gasteiger partial charge in [-0.25, -0.2) is 0 Å². The van der Waals surface area contributed by atoms with Gasteiger partial charge in [0.05, 0.1) is 5.92 Å². The summed E-state index contributed by atoms with van der Waals surface area (Å²) in [5.41, 5.74) is 2.18. The quantitative estimate of drug-likeness (QED) is 0.723. The molecule has 1 heterocycles. The second-order valence-corrected chi connectivity index (χ2v) is 7.33. The summed E-state index contributed by atoms with van der Waals surface area (Å²) in [7, 11) is 0. The van der Waals surface area contributed by atoms with Gasteiger partial charge in [0.25, 0.3) is 5.91 Å². The summed E-state index contributed by atoms with van der Waals surface area (Å²) in [5.74, 6) is -0.601. The highest BCUT2D eigenvalue weighted by atomic mass is 16.2. The van der Waals surface area contributed by atoms with Gasteiger partial charge in [0.15, 0.2) is 0 Å². The maximum Gasteiger partial charge on any atom is 0.251 e. The minimum Gasteiger partial charge on any atom is -0.348 e. The fraction of sp³-hybridized carbons (Fsp3) is 0.348. The summed E-state index contributed by atoms with van der Waals surface area (Å²) in [6, 6.07) is 16.5. The number of amides is 3. The van der Waals surface area contributed by atoms with Gasteiger partial charge in [0, 0.05) is 37.3 Å². The molecule has 6 nitrogen and oxygen atoms in total. The Kier molecular flexibility index (Phi) is 7.00. The average molecular weight is 393 g/mol. The van der Waals surface area contributed by atoms with E-state index in [0.717, 1.165) is 18.4 Å². The SMILES string of the molecule is CCCCN1CC(C(=O)Nc2ccc(C(=O)NCc3ccccc3)cc2)CC1=O. The lowest BCUT2D eigenvalue weighted by atomic mass is 10.1. The molecular weight excluding hydrogens is 366 g/mol. The lowest BCUT2D eigenvalue weighted by molar-refractivity contribution is -0.128. The van der Waals surface area contributed by atoms with Crippen LogP contribution in [0.3, 0.4) is 0 Å². The van der Waals surface area contributed by atoms with Crippen molar-refractivity contribution >= 4 is 23.4 Å². The van der Waals surface area contributed by atoms with E-state index < -0.39 is 0 Å². The molecule has 1 atom stereocenters. The van der Waals surface area contributed by atoms with Crippen LogP contribution in [0.15, 0.2) is 54.6 Å². The van der Waals surface area contributed by atoms with E-state index in [2.05, 4.69) is 17.6 Å². The van der Waals surface area contributed by atoms with Gasteiger partial charge >= 0.3 is 0 Å². The largest absolute Gasteiger partial charge is 0.348 e. The number of nitrogens with one attached hydrogen (secondary N) is 2. The summed E-state index contributed by atoms with van der Waals surface area (Å²) in [6.07, 6.45) is 2.23. The number of likely N-dealkylation sites (tertiary alicyclic amines) is 1. The minimum absolute atomic E-state index is 0.0454. The predicted octanol–water partition coefficient (Wildman–Crippen LogP) is 3.20. The molecule has 1 saturated heterocycles. The molecule has 0 saturated carbocycles. The molecule has 1 aliphatic rings. The number of carbonyl (C=O) groups is 3. The fourth-order valence-corrected chi connectivity index (χ4v) is 3.34. The molecular formula is C23H27N3O3. The first-order valence-corrected chi connectivity index (χ1v) is 10.1. The molecule has 0 aromatic heterocycles. The van der Waals surface area contributed by atoms with Crippen LogP contribution in [0.5, 0.6) is 0 Å². The van der Waals surface area contributed by atoms with Crippen LogP contribution in [-0.2, 0) is 16.1 Å². The first-order chi connectivity index (χ1) is 14.1. The number of carbonyl (C=O) groups excluding carboxylic acids is 3. The van der Waals surface area contributed by atoms with Crippen LogP contribution in [0.1, 0.15) is 42.1 Å². The van der Waals surface area contributed by atoms with E-state index >= 15 is 0 Å². The van der Waals surface area contributed by atoms with Crippen molar-refractivity contribution in [2.75, 3.05) is 18.4 Å². The third-order valence-corrected chi connectivity index (χ3v) is 5.08. The van der Waals surface area contributed by atoms with Crippen LogP contribution in [-0.4, -0.2) is 35.7 Å². The molecule has 29 heavy (non-hydrogen) atoms. The van der Waals surface area contributed by atoms with Crippen molar-refractivity contribution in [3.05, 3.63) is 65.7 Å². The molecule has 3 rings (SSSR count). The van der Waals surface area contributed by atoms with Crippen molar-refractivity contribution in [3.63, 3.8) is 0 Å². The summed E-state index contributed by atoms with van der Waals surface area (Å²) in [4.78, 5) is 38.6. The number of unbranched alkanes of at least 4 members (excludes halogenated alkanes) is 1. The molecule has 0 bridgehead atoms. The Balaban J connectivity index is 1.50. The first-order valence-electron chi connectivity index (χ1n) is 10.1. The van der Waals surface area contributed by atoms with Crippen LogP contribution in [0.4, 0.5) is 5.69 Å². The lowest BCUT2D eigenvalue weighted by Crippen LogP contribution is -2.29. The highest BCUT2D eigenvalue weighted by molar-refractivity contribution is 5.98.